The molecule has 0 aromatic carbocycles. The van der Waals surface area contributed by atoms with Crippen molar-refractivity contribution < 1.29 is 4.79 Å². The lowest BCUT2D eigenvalue weighted by molar-refractivity contribution is 0.425. The van der Waals surface area contributed by atoms with Crippen LogP contribution in [-0.2, 0) is 4.79 Å². The third kappa shape index (κ3) is 8.95. The molecule has 0 amide bonds. The SMILES string of the molecule is C=CCC(C[CH]CCCC)CC(CC=C)N=C=O. The van der Waals surface area contributed by atoms with E-state index in [0.29, 0.717) is 5.92 Å². The summed E-state index contributed by atoms with van der Waals surface area (Å²) in [7, 11) is 0. The quantitative estimate of drug-likeness (QED) is 0.214. The zero-order chi connectivity index (χ0) is 13.6. The van der Waals surface area contributed by atoms with E-state index in [9.17, 15) is 4.79 Å². The fourth-order valence-corrected chi connectivity index (χ4v) is 2.08. The van der Waals surface area contributed by atoms with E-state index in [2.05, 4.69) is 31.5 Å². The van der Waals surface area contributed by atoms with Crippen LogP contribution in [0.25, 0.3) is 0 Å². The molecular formula is C16H26NO. The highest BCUT2D eigenvalue weighted by Gasteiger charge is 2.14. The van der Waals surface area contributed by atoms with Gasteiger partial charge in [-0.1, -0.05) is 38.3 Å². The molecule has 1 radical (unpaired) electrons. The summed E-state index contributed by atoms with van der Waals surface area (Å²) in [5, 5.41) is 0. The van der Waals surface area contributed by atoms with Crippen molar-refractivity contribution in [2.75, 3.05) is 0 Å². The minimum atomic E-state index is 0.0320. The summed E-state index contributed by atoms with van der Waals surface area (Å²) in [5.41, 5.74) is 0. The molecule has 2 heteroatoms. The lowest BCUT2D eigenvalue weighted by atomic mass is 9.90. The Morgan fingerprint density at radius 1 is 1.22 bits per heavy atom. The summed E-state index contributed by atoms with van der Waals surface area (Å²) in [4.78, 5) is 14.2. The lowest BCUT2D eigenvalue weighted by Gasteiger charge is -2.18. The predicted molar refractivity (Wildman–Crippen MR) is 78.1 cm³/mol. The van der Waals surface area contributed by atoms with Gasteiger partial charge < -0.3 is 0 Å². The van der Waals surface area contributed by atoms with Crippen LogP contribution in [0.4, 0.5) is 0 Å². The summed E-state index contributed by atoms with van der Waals surface area (Å²) in [6.45, 7) is 9.71. The standard InChI is InChI=1S/C16H26NO/c1-4-7-8-9-12-15(10-5-2)13-16(11-6-3)17-14-18/h5-6,9,15-16H,2-4,7-8,10-13H2,1H3. The average molecular weight is 248 g/mol. The van der Waals surface area contributed by atoms with Gasteiger partial charge in [0.15, 0.2) is 0 Å². The highest BCUT2D eigenvalue weighted by atomic mass is 16.1. The van der Waals surface area contributed by atoms with Crippen molar-refractivity contribution in [1.29, 1.82) is 0 Å². The van der Waals surface area contributed by atoms with E-state index in [4.69, 9.17) is 0 Å². The zero-order valence-corrected chi connectivity index (χ0v) is 11.6. The first-order chi connectivity index (χ1) is 8.78. The number of rotatable bonds is 12. The molecule has 0 aromatic heterocycles. The molecule has 101 valence electrons. The monoisotopic (exact) mass is 248 g/mol. The summed E-state index contributed by atoms with van der Waals surface area (Å²) < 4.78 is 0. The van der Waals surface area contributed by atoms with Gasteiger partial charge in [-0.25, -0.2) is 9.79 Å². The van der Waals surface area contributed by atoms with Crippen molar-refractivity contribution in [3.8, 4) is 0 Å². The smallest absolute Gasteiger partial charge is 0.211 e. The van der Waals surface area contributed by atoms with Crippen molar-refractivity contribution >= 4 is 6.08 Å². The van der Waals surface area contributed by atoms with Crippen LogP contribution in [0, 0.1) is 12.3 Å². The Labute approximate surface area is 112 Å². The van der Waals surface area contributed by atoms with Crippen LogP contribution in [0.15, 0.2) is 30.3 Å². The van der Waals surface area contributed by atoms with Crippen molar-refractivity contribution in [3.63, 3.8) is 0 Å². The van der Waals surface area contributed by atoms with Gasteiger partial charge >= 0.3 is 0 Å². The van der Waals surface area contributed by atoms with E-state index < -0.39 is 0 Å². The molecule has 0 aromatic rings. The van der Waals surface area contributed by atoms with Crippen LogP contribution in [0.5, 0.6) is 0 Å². The van der Waals surface area contributed by atoms with Gasteiger partial charge in [-0.05, 0) is 38.0 Å². The molecule has 0 spiro atoms. The maximum absolute atomic E-state index is 10.4. The van der Waals surface area contributed by atoms with Gasteiger partial charge in [0.05, 0.1) is 6.04 Å². The maximum atomic E-state index is 10.4. The minimum Gasteiger partial charge on any atom is -0.211 e. The van der Waals surface area contributed by atoms with Gasteiger partial charge in [0.25, 0.3) is 0 Å². The van der Waals surface area contributed by atoms with Gasteiger partial charge in [-0.2, -0.15) is 0 Å². The van der Waals surface area contributed by atoms with Crippen LogP contribution in [0.3, 0.4) is 0 Å². The molecule has 2 nitrogen and oxygen atoms in total. The van der Waals surface area contributed by atoms with E-state index in [0.717, 1.165) is 25.7 Å². The Kier molecular flexibility index (Phi) is 11.5. The molecule has 0 saturated carbocycles. The Balaban J connectivity index is 4.16. The van der Waals surface area contributed by atoms with Crippen molar-refractivity contribution in [2.24, 2.45) is 10.9 Å². The molecule has 0 aliphatic rings. The Morgan fingerprint density at radius 3 is 2.50 bits per heavy atom. The van der Waals surface area contributed by atoms with Gasteiger partial charge in [0, 0.05) is 0 Å². The van der Waals surface area contributed by atoms with Crippen LogP contribution < -0.4 is 0 Å². The number of allylic oxidation sites excluding steroid dienone is 1. The van der Waals surface area contributed by atoms with Crippen LogP contribution >= 0.6 is 0 Å². The van der Waals surface area contributed by atoms with Crippen LogP contribution in [0.2, 0.25) is 0 Å². The highest BCUT2D eigenvalue weighted by Crippen LogP contribution is 2.22. The lowest BCUT2D eigenvalue weighted by Crippen LogP contribution is -2.11. The number of hydrogen-bond donors (Lipinski definition) is 0. The third-order valence-electron chi connectivity index (χ3n) is 3.04. The number of aliphatic imine (C=N–C) groups is 1. The number of nitrogens with zero attached hydrogens (tertiary/aromatic N) is 1. The van der Waals surface area contributed by atoms with Crippen LogP contribution in [0.1, 0.15) is 51.9 Å². The number of hydrogen-bond acceptors (Lipinski definition) is 2. The van der Waals surface area contributed by atoms with E-state index >= 15 is 0 Å². The largest absolute Gasteiger partial charge is 0.235 e. The van der Waals surface area contributed by atoms with E-state index in [1.54, 1.807) is 6.08 Å². The molecule has 0 saturated heterocycles. The topological polar surface area (TPSA) is 29.4 Å². The van der Waals surface area contributed by atoms with Crippen molar-refractivity contribution in [2.45, 2.75) is 57.9 Å². The first kappa shape index (κ1) is 16.9. The van der Waals surface area contributed by atoms with E-state index in [-0.39, 0.29) is 6.04 Å². The summed E-state index contributed by atoms with van der Waals surface area (Å²) >= 11 is 0. The molecule has 0 aliphatic heterocycles. The Morgan fingerprint density at radius 2 is 1.94 bits per heavy atom. The summed E-state index contributed by atoms with van der Waals surface area (Å²) in [6, 6.07) is 0.0320. The highest BCUT2D eigenvalue weighted by molar-refractivity contribution is 5.33. The minimum absolute atomic E-state index is 0.0320. The fourth-order valence-electron chi connectivity index (χ4n) is 2.08. The van der Waals surface area contributed by atoms with Gasteiger partial charge in [0.1, 0.15) is 0 Å². The third-order valence-corrected chi connectivity index (χ3v) is 3.04. The number of isocyanates is 1. The summed E-state index contributed by atoms with van der Waals surface area (Å²) in [5.74, 6) is 0.529. The first-order valence-corrected chi connectivity index (χ1v) is 6.88. The molecule has 0 fully saturated rings. The van der Waals surface area contributed by atoms with Gasteiger partial charge in [-0.15, -0.1) is 13.2 Å². The van der Waals surface area contributed by atoms with E-state index in [1.807, 2.05) is 12.2 Å². The molecule has 0 aliphatic carbocycles. The average Bonchev–Trinajstić information content (AvgIpc) is 2.35. The number of carbonyl (C=O) groups excluding carboxylic acids is 1. The normalized spacial score (nSPS) is 13.4. The Bertz CT molecular complexity index is 266. The Hall–Kier alpha value is -1.14. The second kappa shape index (κ2) is 12.3. The second-order valence-electron chi connectivity index (χ2n) is 4.69. The molecule has 18 heavy (non-hydrogen) atoms. The molecule has 2 atom stereocenters. The molecule has 0 heterocycles. The fraction of sp³-hybridized carbons (Fsp3) is 0.625. The zero-order valence-electron chi connectivity index (χ0n) is 11.6. The van der Waals surface area contributed by atoms with Crippen molar-refractivity contribution in [3.05, 3.63) is 31.7 Å². The van der Waals surface area contributed by atoms with E-state index in [1.165, 1.54) is 19.3 Å². The molecule has 0 bridgehead atoms. The molecule has 0 N–H and O–H groups in total. The molecule has 2 unspecified atom stereocenters. The molecular weight excluding hydrogens is 222 g/mol. The van der Waals surface area contributed by atoms with Crippen LogP contribution in [-0.4, -0.2) is 12.1 Å². The van der Waals surface area contributed by atoms with Crippen molar-refractivity contribution in [1.82, 2.24) is 0 Å². The molecule has 0 rings (SSSR count). The summed E-state index contributed by atoms with van der Waals surface area (Å²) in [6.07, 6.45) is 15.2. The number of unbranched alkanes of at least 4 members (excludes halogenated alkanes) is 3. The van der Waals surface area contributed by atoms with Gasteiger partial charge in [-0.3, -0.25) is 0 Å². The predicted octanol–water partition coefficient (Wildman–Crippen LogP) is 4.63. The maximum Gasteiger partial charge on any atom is 0.235 e. The van der Waals surface area contributed by atoms with Gasteiger partial charge in [0.2, 0.25) is 6.08 Å². The second-order valence-corrected chi connectivity index (χ2v) is 4.69. The first-order valence-electron chi connectivity index (χ1n) is 6.88.